The van der Waals surface area contributed by atoms with Crippen LogP contribution in [0.5, 0.6) is 0 Å². The Morgan fingerprint density at radius 2 is 2.16 bits per heavy atom. The Labute approximate surface area is 149 Å². The van der Waals surface area contributed by atoms with Crippen molar-refractivity contribution in [3.63, 3.8) is 0 Å². The van der Waals surface area contributed by atoms with Gasteiger partial charge in [0.05, 0.1) is 11.2 Å². The van der Waals surface area contributed by atoms with Crippen LogP contribution < -0.4 is 5.32 Å². The summed E-state index contributed by atoms with van der Waals surface area (Å²) < 4.78 is 1.94. The molecule has 3 aromatic rings. The highest BCUT2D eigenvalue weighted by atomic mass is 15.3. The van der Waals surface area contributed by atoms with Crippen molar-refractivity contribution in [2.45, 2.75) is 39.7 Å². The summed E-state index contributed by atoms with van der Waals surface area (Å²) in [6, 6.07) is 10.9. The molecule has 5 nitrogen and oxygen atoms in total. The molecule has 1 aromatic carbocycles. The van der Waals surface area contributed by atoms with Crippen molar-refractivity contribution in [1.29, 1.82) is 0 Å². The van der Waals surface area contributed by atoms with Crippen molar-refractivity contribution in [2.24, 2.45) is 5.92 Å². The van der Waals surface area contributed by atoms with Crippen LogP contribution in [0.15, 0.2) is 30.3 Å². The summed E-state index contributed by atoms with van der Waals surface area (Å²) >= 11 is 0. The van der Waals surface area contributed by atoms with Gasteiger partial charge < -0.3 is 5.32 Å². The van der Waals surface area contributed by atoms with E-state index in [0.717, 1.165) is 40.5 Å². The van der Waals surface area contributed by atoms with Gasteiger partial charge in [0.1, 0.15) is 5.82 Å². The maximum Gasteiger partial charge on any atom is 0.158 e. The Kier molecular flexibility index (Phi) is 4.34. The molecule has 1 fully saturated rings. The van der Waals surface area contributed by atoms with Crippen molar-refractivity contribution in [3.05, 3.63) is 36.0 Å². The molecule has 0 radical (unpaired) electrons. The number of fused-ring (bicyclic) bond motifs is 3. The number of rotatable bonds is 4. The van der Waals surface area contributed by atoms with E-state index in [1.807, 2.05) is 17.5 Å². The van der Waals surface area contributed by atoms with Crippen LogP contribution in [0.1, 0.15) is 32.4 Å². The molecule has 0 spiro atoms. The number of hydrogen-bond donors (Lipinski definition) is 1. The predicted octanol–water partition coefficient (Wildman–Crippen LogP) is 3.72. The van der Waals surface area contributed by atoms with Gasteiger partial charge in [0.2, 0.25) is 0 Å². The summed E-state index contributed by atoms with van der Waals surface area (Å²) in [5.74, 6) is 1.76. The van der Waals surface area contributed by atoms with Gasteiger partial charge in [0, 0.05) is 30.6 Å². The van der Waals surface area contributed by atoms with E-state index >= 15 is 0 Å². The minimum Gasteiger partial charge on any atom is -0.368 e. The van der Waals surface area contributed by atoms with E-state index in [0.29, 0.717) is 6.04 Å². The first-order valence-electron chi connectivity index (χ1n) is 9.35. The van der Waals surface area contributed by atoms with Gasteiger partial charge in [-0.1, -0.05) is 19.1 Å². The summed E-state index contributed by atoms with van der Waals surface area (Å²) in [7, 11) is 0. The van der Waals surface area contributed by atoms with Crippen LogP contribution in [0.2, 0.25) is 0 Å². The largest absolute Gasteiger partial charge is 0.368 e. The Bertz CT molecular complexity index is 884. The van der Waals surface area contributed by atoms with Gasteiger partial charge in [-0.3, -0.25) is 4.90 Å². The summed E-state index contributed by atoms with van der Waals surface area (Å²) in [6.45, 7) is 10.0. The van der Waals surface area contributed by atoms with Crippen LogP contribution in [-0.4, -0.2) is 45.2 Å². The predicted molar refractivity (Wildman–Crippen MR) is 103 cm³/mol. The summed E-state index contributed by atoms with van der Waals surface area (Å²) in [5, 5.41) is 9.31. The number of anilines is 1. The highest BCUT2D eigenvalue weighted by molar-refractivity contribution is 5.91. The first kappa shape index (κ1) is 16.3. The zero-order chi connectivity index (χ0) is 17.4. The van der Waals surface area contributed by atoms with Gasteiger partial charge >= 0.3 is 0 Å². The summed E-state index contributed by atoms with van der Waals surface area (Å²) in [6.07, 6.45) is 2.67. The third-order valence-corrected chi connectivity index (χ3v) is 5.30. The minimum atomic E-state index is 0.506. The molecule has 2 aromatic heterocycles. The van der Waals surface area contributed by atoms with Gasteiger partial charge in [-0.05, 0) is 51.3 Å². The average molecular weight is 337 g/mol. The quantitative estimate of drug-likeness (QED) is 0.788. The van der Waals surface area contributed by atoms with Gasteiger partial charge in [0.25, 0.3) is 0 Å². The highest BCUT2D eigenvalue weighted by Crippen LogP contribution is 2.24. The number of hydrogen-bond acceptors (Lipinski definition) is 4. The van der Waals surface area contributed by atoms with Crippen molar-refractivity contribution in [3.8, 4) is 0 Å². The minimum absolute atomic E-state index is 0.506. The molecule has 2 atom stereocenters. The highest BCUT2D eigenvalue weighted by Gasteiger charge is 2.21. The van der Waals surface area contributed by atoms with E-state index in [1.165, 1.54) is 25.9 Å². The Balaban J connectivity index is 1.60. The fourth-order valence-electron chi connectivity index (χ4n) is 3.91. The molecule has 0 bridgehead atoms. The molecule has 1 N–H and O–H groups in total. The SMILES string of the molecule is Cc1cc2nc(NCC(C)N3CCCC(C)C3)c3ccccc3n2n1. The second-order valence-electron chi connectivity index (χ2n) is 7.51. The number of para-hydroxylation sites is 1. The van der Waals surface area contributed by atoms with Crippen molar-refractivity contribution in [2.75, 3.05) is 25.0 Å². The third kappa shape index (κ3) is 3.21. The van der Waals surface area contributed by atoms with E-state index in [4.69, 9.17) is 4.98 Å². The maximum absolute atomic E-state index is 4.83. The molecule has 4 rings (SSSR count). The van der Waals surface area contributed by atoms with Crippen LogP contribution in [0.25, 0.3) is 16.6 Å². The second-order valence-corrected chi connectivity index (χ2v) is 7.51. The number of benzene rings is 1. The van der Waals surface area contributed by atoms with Crippen LogP contribution in [0.4, 0.5) is 5.82 Å². The molecule has 1 aliphatic rings. The molecule has 1 saturated heterocycles. The molecule has 0 amide bonds. The number of piperidine rings is 1. The molecule has 2 unspecified atom stereocenters. The fourth-order valence-corrected chi connectivity index (χ4v) is 3.91. The molecule has 1 aliphatic heterocycles. The number of nitrogens with zero attached hydrogens (tertiary/aromatic N) is 4. The Hall–Kier alpha value is -2.14. The number of aromatic nitrogens is 3. The van der Waals surface area contributed by atoms with Crippen LogP contribution in [-0.2, 0) is 0 Å². The summed E-state index contributed by atoms with van der Waals surface area (Å²) in [4.78, 5) is 7.43. The average Bonchev–Trinajstić information content (AvgIpc) is 3.00. The second kappa shape index (κ2) is 6.64. The molecule has 5 heteroatoms. The van der Waals surface area contributed by atoms with Crippen LogP contribution in [0, 0.1) is 12.8 Å². The number of nitrogens with one attached hydrogen (secondary N) is 1. The van der Waals surface area contributed by atoms with Crippen LogP contribution >= 0.6 is 0 Å². The molecular weight excluding hydrogens is 310 g/mol. The maximum atomic E-state index is 4.83. The fraction of sp³-hybridized carbons (Fsp3) is 0.500. The normalized spacial score (nSPS) is 20.2. The lowest BCUT2D eigenvalue weighted by Crippen LogP contribution is -2.43. The number of likely N-dealkylation sites (tertiary alicyclic amines) is 1. The van der Waals surface area contributed by atoms with E-state index in [2.05, 4.69) is 53.4 Å². The van der Waals surface area contributed by atoms with E-state index in [9.17, 15) is 0 Å². The summed E-state index contributed by atoms with van der Waals surface area (Å²) in [5.41, 5.74) is 2.99. The van der Waals surface area contributed by atoms with Gasteiger partial charge in [-0.2, -0.15) is 5.10 Å². The standard InChI is InChI=1S/C20H27N5/c1-14-7-6-10-24(13-14)16(3)12-21-20-17-8-4-5-9-18(17)25-19(22-20)11-15(2)23-25/h4-5,8-9,11,14,16H,6-7,10,12-13H2,1-3H3,(H,21,22). The van der Waals surface area contributed by atoms with Gasteiger partial charge in [-0.25, -0.2) is 9.50 Å². The zero-order valence-corrected chi connectivity index (χ0v) is 15.4. The Morgan fingerprint density at radius 1 is 1.32 bits per heavy atom. The topological polar surface area (TPSA) is 45.5 Å². The lowest BCUT2D eigenvalue weighted by Gasteiger charge is -2.35. The molecule has 132 valence electrons. The van der Waals surface area contributed by atoms with Gasteiger partial charge in [0.15, 0.2) is 5.65 Å². The number of aryl methyl sites for hydroxylation is 1. The lowest BCUT2D eigenvalue weighted by atomic mass is 9.99. The van der Waals surface area contributed by atoms with E-state index in [1.54, 1.807) is 0 Å². The molecule has 0 saturated carbocycles. The Morgan fingerprint density at radius 3 is 3.00 bits per heavy atom. The third-order valence-electron chi connectivity index (χ3n) is 5.30. The molecule has 0 aliphatic carbocycles. The van der Waals surface area contributed by atoms with Gasteiger partial charge in [-0.15, -0.1) is 0 Å². The van der Waals surface area contributed by atoms with Crippen molar-refractivity contribution < 1.29 is 0 Å². The van der Waals surface area contributed by atoms with E-state index in [-0.39, 0.29) is 0 Å². The molecular formula is C20H27N5. The molecule has 3 heterocycles. The monoisotopic (exact) mass is 337 g/mol. The first-order valence-corrected chi connectivity index (χ1v) is 9.35. The zero-order valence-electron chi connectivity index (χ0n) is 15.4. The first-order chi connectivity index (χ1) is 12.1. The smallest absolute Gasteiger partial charge is 0.158 e. The van der Waals surface area contributed by atoms with Crippen molar-refractivity contribution >= 4 is 22.4 Å². The molecule has 25 heavy (non-hydrogen) atoms. The van der Waals surface area contributed by atoms with E-state index < -0.39 is 0 Å². The van der Waals surface area contributed by atoms with Crippen LogP contribution in [0.3, 0.4) is 0 Å². The lowest BCUT2D eigenvalue weighted by molar-refractivity contribution is 0.144. The van der Waals surface area contributed by atoms with Crippen molar-refractivity contribution in [1.82, 2.24) is 19.5 Å².